The van der Waals surface area contributed by atoms with E-state index >= 15 is 0 Å². The van der Waals surface area contributed by atoms with E-state index in [0.717, 1.165) is 28.3 Å². The number of nitrogens with zero attached hydrogens (tertiary/aromatic N) is 5. The molecule has 1 aliphatic rings. The van der Waals surface area contributed by atoms with Crippen molar-refractivity contribution in [3.63, 3.8) is 0 Å². The van der Waals surface area contributed by atoms with Crippen molar-refractivity contribution < 1.29 is 0 Å². The van der Waals surface area contributed by atoms with Crippen LogP contribution in [-0.4, -0.2) is 32.7 Å². The summed E-state index contributed by atoms with van der Waals surface area (Å²) in [6, 6.07) is 0. The Labute approximate surface area is 107 Å². The van der Waals surface area contributed by atoms with Crippen LogP contribution in [0.15, 0.2) is 12.5 Å². The van der Waals surface area contributed by atoms with Crippen LogP contribution >= 0.6 is 22.6 Å². The Morgan fingerprint density at radius 1 is 1.19 bits per heavy atom. The molecule has 1 aliphatic heterocycles. The largest absolute Gasteiger partial charge is 0.342 e. The molecule has 0 radical (unpaired) electrons. The topological polar surface area (TPSA) is 46.3 Å². The molecule has 1 saturated heterocycles. The zero-order chi connectivity index (χ0) is 11.0. The lowest BCUT2D eigenvalue weighted by atomic mass is 10.1. The van der Waals surface area contributed by atoms with Crippen molar-refractivity contribution in [2.45, 2.75) is 19.3 Å². The van der Waals surface area contributed by atoms with Crippen LogP contribution in [0.25, 0.3) is 5.65 Å². The fourth-order valence-electron chi connectivity index (χ4n) is 2.11. The predicted octanol–water partition coefficient (Wildman–Crippen LogP) is 1.72. The van der Waals surface area contributed by atoms with Gasteiger partial charge in [-0.3, -0.25) is 4.40 Å². The average Bonchev–Trinajstić information content (AvgIpc) is 2.81. The monoisotopic (exact) mass is 329 g/mol. The SMILES string of the molecule is Ic1cnc(N2CCCCC2)n2cnnc12. The summed E-state index contributed by atoms with van der Waals surface area (Å²) in [6.07, 6.45) is 7.43. The highest BCUT2D eigenvalue weighted by Crippen LogP contribution is 2.20. The molecular weight excluding hydrogens is 317 g/mol. The smallest absolute Gasteiger partial charge is 0.212 e. The van der Waals surface area contributed by atoms with Gasteiger partial charge in [0.1, 0.15) is 6.33 Å². The third-order valence-electron chi connectivity index (χ3n) is 2.91. The van der Waals surface area contributed by atoms with Crippen LogP contribution in [0.3, 0.4) is 0 Å². The molecule has 0 bridgehead atoms. The van der Waals surface area contributed by atoms with Crippen LogP contribution in [0.2, 0.25) is 0 Å². The Morgan fingerprint density at radius 3 is 2.81 bits per heavy atom. The van der Waals surface area contributed by atoms with Crippen LogP contribution < -0.4 is 4.90 Å². The molecule has 0 unspecified atom stereocenters. The van der Waals surface area contributed by atoms with E-state index in [4.69, 9.17) is 0 Å². The van der Waals surface area contributed by atoms with Crippen LogP contribution in [-0.2, 0) is 0 Å². The van der Waals surface area contributed by atoms with Crippen LogP contribution in [0, 0.1) is 3.57 Å². The molecule has 2 aromatic rings. The van der Waals surface area contributed by atoms with Gasteiger partial charge in [-0.2, -0.15) is 0 Å². The first-order chi connectivity index (χ1) is 7.86. The summed E-state index contributed by atoms with van der Waals surface area (Å²) < 4.78 is 3.02. The third kappa shape index (κ3) is 1.64. The van der Waals surface area contributed by atoms with E-state index in [9.17, 15) is 0 Å². The standard InChI is InChI=1S/C10H12IN5/c11-8-6-12-10(15-4-2-1-3-5-15)16-7-13-14-9(8)16/h6-7H,1-5H2. The molecule has 0 atom stereocenters. The average molecular weight is 329 g/mol. The van der Waals surface area contributed by atoms with E-state index in [1.165, 1.54) is 19.3 Å². The number of fused-ring (bicyclic) bond motifs is 1. The fraction of sp³-hybridized carbons (Fsp3) is 0.500. The van der Waals surface area contributed by atoms with E-state index in [-0.39, 0.29) is 0 Å². The number of anilines is 1. The molecule has 3 rings (SSSR count). The van der Waals surface area contributed by atoms with Gasteiger partial charge in [-0.1, -0.05) is 0 Å². The second-order valence-corrected chi connectivity index (χ2v) is 5.14. The van der Waals surface area contributed by atoms with E-state index in [1.807, 2.05) is 10.6 Å². The van der Waals surface area contributed by atoms with Crippen molar-refractivity contribution in [1.29, 1.82) is 0 Å². The highest BCUT2D eigenvalue weighted by Gasteiger charge is 2.16. The maximum Gasteiger partial charge on any atom is 0.212 e. The maximum atomic E-state index is 4.50. The van der Waals surface area contributed by atoms with Crippen molar-refractivity contribution in [3.8, 4) is 0 Å². The number of hydrogen-bond acceptors (Lipinski definition) is 4. The lowest BCUT2D eigenvalue weighted by molar-refractivity contribution is 0.566. The second-order valence-electron chi connectivity index (χ2n) is 3.98. The first kappa shape index (κ1) is 10.2. The first-order valence-corrected chi connectivity index (χ1v) is 6.53. The van der Waals surface area contributed by atoms with Gasteiger partial charge in [0.15, 0.2) is 5.65 Å². The van der Waals surface area contributed by atoms with Gasteiger partial charge in [-0.25, -0.2) is 4.98 Å². The van der Waals surface area contributed by atoms with Gasteiger partial charge < -0.3 is 4.90 Å². The Morgan fingerprint density at radius 2 is 2.00 bits per heavy atom. The zero-order valence-electron chi connectivity index (χ0n) is 8.80. The summed E-state index contributed by atoms with van der Waals surface area (Å²) in [7, 11) is 0. The van der Waals surface area contributed by atoms with E-state index in [1.54, 1.807) is 6.33 Å². The van der Waals surface area contributed by atoms with Crippen LogP contribution in [0.5, 0.6) is 0 Å². The third-order valence-corrected chi connectivity index (χ3v) is 3.67. The summed E-state index contributed by atoms with van der Waals surface area (Å²) in [5, 5.41) is 8.07. The van der Waals surface area contributed by atoms with E-state index < -0.39 is 0 Å². The van der Waals surface area contributed by atoms with Gasteiger partial charge >= 0.3 is 0 Å². The minimum absolute atomic E-state index is 0.899. The lowest BCUT2D eigenvalue weighted by Crippen LogP contribution is -2.31. The zero-order valence-corrected chi connectivity index (χ0v) is 11.0. The molecule has 0 aliphatic carbocycles. The number of halogens is 1. The van der Waals surface area contributed by atoms with Crippen molar-refractivity contribution in [1.82, 2.24) is 19.6 Å². The molecule has 3 heterocycles. The summed E-state index contributed by atoms with van der Waals surface area (Å²) >= 11 is 2.24. The van der Waals surface area contributed by atoms with Crippen molar-refractivity contribution in [2.75, 3.05) is 18.0 Å². The molecule has 16 heavy (non-hydrogen) atoms. The molecule has 2 aromatic heterocycles. The maximum absolute atomic E-state index is 4.50. The molecule has 0 spiro atoms. The summed E-state index contributed by atoms with van der Waals surface area (Å²) in [6.45, 7) is 2.17. The lowest BCUT2D eigenvalue weighted by Gasteiger charge is -2.27. The van der Waals surface area contributed by atoms with Crippen LogP contribution in [0.1, 0.15) is 19.3 Å². The highest BCUT2D eigenvalue weighted by atomic mass is 127. The van der Waals surface area contributed by atoms with Gasteiger partial charge in [0.05, 0.1) is 3.57 Å². The highest BCUT2D eigenvalue weighted by molar-refractivity contribution is 14.1. The van der Waals surface area contributed by atoms with Crippen molar-refractivity contribution in [2.24, 2.45) is 0 Å². The van der Waals surface area contributed by atoms with Crippen LogP contribution in [0.4, 0.5) is 5.95 Å². The Bertz CT molecular complexity index is 503. The quantitative estimate of drug-likeness (QED) is 0.748. The van der Waals surface area contributed by atoms with Gasteiger partial charge in [0.2, 0.25) is 5.95 Å². The van der Waals surface area contributed by atoms with Gasteiger partial charge in [-0.15, -0.1) is 10.2 Å². The molecule has 0 amide bonds. The predicted molar refractivity (Wildman–Crippen MR) is 69.6 cm³/mol. The number of piperidine rings is 1. The Kier molecular flexibility index (Phi) is 2.66. The normalized spacial score (nSPS) is 16.9. The van der Waals surface area contributed by atoms with E-state index in [0.29, 0.717) is 0 Å². The molecule has 0 saturated carbocycles. The summed E-state index contributed by atoms with van der Waals surface area (Å²) in [5.74, 6) is 0.972. The minimum atomic E-state index is 0.899. The molecular formula is C10H12IN5. The number of hydrogen-bond donors (Lipinski definition) is 0. The van der Waals surface area contributed by atoms with Crippen molar-refractivity contribution >= 4 is 34.2 Å². The molecule has 0 N–H and O–H groups in total. The van der Waals surface area contributed by atoms with Crippen molar-refractivity contribution in [3.05, 3.63) is 16.1 Å². The fourth-order valence-corrected chi connectivity index (χ4v) is 2.61. The molecule has 5 nitrogen and oxygen atoms in total. The molecule has 1 fully saturated rings. The van der Waals surface area contributed by atoms with Gasteiger partial charge in [0, 0.05) is 19.3 Å². The first-order valence-electron chi connectivity index (χ1n) is 5.45. The van der Waals surface area contributed by atoms with Gasteiger partial charge in [-0.05, 0) is 41.9 Å². The molecule has 0 aromatic carbocycles. The Balaban J connectivity index is 2.08. The number of aromatic nitrogens is 4. The molecule has 6 heteroatoms. The minimum Gasteiger partial charge on any atom is -0.342 e. The van der Waals surface area contributed by atoms with Gasteiger partial charge in [0.25, 0.3) is 0 Å². The molecule has 84 valence electrons. The second kappa shape index (κ2) is 4.15. The Hall–Kier alpha value is -0.920. The number of rotatable bonds is 1. The van der Waals surface area contributed by atoms with E-state index in [2.05, 4.69) is 42.7 Å². The summed E-state index contributed by atoms with van der Waals surface area (Å²) in [4.78, 5) is 6.82. The summed E-state index contributed by atoms with van der Waals surface area (Å²) in [5.41, 5.74) is 0.899.